The van der Waals surface area contributed by atoms with Crippen molar-refractivity contribution in [1.29, 1.82) is 0 Å². The van der Waals surface area contributed by atoms with Crippen molar-refractivity contribution in [3.05, 3.63) is 0 Å². The van der Waals surface area contributed by atoms with Crippen molar-refractivity contribution < 1.29 is 0 Å². The standard InChI is InChI=1S/C18H37N/c1-3-4-5-6-7-8-9-14-18(19-2)16-15-17-12-10-11-13-17/h17-19H,3-16H2,1-2H3. The summed E-state index contributed by atoms with van der Waals surface area (Å²) in [5.74, 6) is 1.06. The molecule has 0 aromatic carbocycles. The van der Waals surface area contributed by atoms with Crippen LogP contribution in [0.15, 0.2) is 0 Å². The Labute approximate surface area is 121 Å². The molecule has 114 valence electrons. The fourth-order valence-corrected chi connectivity index (χ4v) is 3.52. The van der Waals surface area contributed by atoms with Crippen LogP contribution in [0.1, 0.15) is 96.8 Å². The second-order valence-corrected chi connectivity index (χ2v) is 6.62. The summed E-state index contributed by atoms with van der Waals surface area (Å²) in [6.07, 6.45) is 20.3. The highest BCUT2D eigenvalue weighted by atomic mass is 14.9. The van der Waals surface area contributed by atoms with Crippen molar-refractivity contribution in [2.24, 2.45) is 5.92 Å². The van der Waals surface area contributed by atoms with E-state index in [4.69, 9.17) is 0 Å². The highest BCUT2D eigenvalue weighted by Crippen LogP contribution is 2.29. The Bertz CT molecular complexity index is 184. The lowest BCUT2D eigenvalue weighted by molar-refractivity contribution is 0.394. The zero-order valence-corrected chi connectivity index (χ0v) is 13.6. The van der Waals surface area contributed by atoms with Gasteiger partial charge in [0.25, 0.3) is 0 Å². The third-order valence-electron chi connectivity index (χ3n) is 4.96. The summed E-state index contributed by atoms with van der Waals surface area (Å²) < 4.78 is 0. The molecule has 1 saturated carbocycles. The molecule has 1 fully saturated rings. The normalized spacial score (nSPS) is 18.0. The van der Waals surface area contributed by atoms with Crippen LogP contribution in [0.2, 0.25) is 0 Å². The SMILES string of the molecule is CCCCCCCCCC(CCC1CCCC1)NC. The first kappa shape index (κ1) is 17.0. The van der Waals surface area contributed by atoms with E-state index < -0.39 is 0 Å². The monoisotopic (exact) mass is 267 g/mol. The molecule has 0 aliphatic heterocycles. The van der Waals surface area contributed by atoms with E-state index in [1.807, 2.05) is 0 Å². The largest absolute Gasteiger partial charge is 0.317 e. The molecule has 0 saturated heterocycles. The Balaban J connectivity index is 1.92. The number of hydrogen-bond donors (Lipinski definition) is 1. The molecule has 0 aromatic heterocycles. The first-order chi connectivity index (χ1) is 9.36. The molecule has 0 heterocycles. The van der Waals surface area contributed by atoms with Gasteiger partial charge in [0.15, 0.2) is 0 Å². The lowest BCUT2D eigenvalue weighted by atomic mass is 9.95. The van der Waals surface area contributed by atoms with Crippen LogP contribution in [0, 0.1) is 5.92 Å². The van der Waals surface area contributed by atoms with Gasteiger partial charge in [-0.2, -0.15) is 0 Å². The Morgan fingerprint density at radius 3 is 2.16 bits per heavy atom. The lowest BCUT2D eigenvalue weighted by Gasteiger charge is -2.18. The van der Waals surface area contributed by atoms with Crippen molar-refractivity contribution in [1.82, 2.24) is 5.32 Å². The molecule has 0 amide bonds. The minimum atomic E-state index is 0.788. The van der Waals surface area contributed by atoms with Crippen molar-refractivity contribution in [2.75, 3.05) is 7.05 Å². The van der Waals surface area contributed by atoms with Gasteiger partial charge < -0.3 is 5.32 Å². The molecule has 0 radical (unpaired) electrons. The molecule has 1 unspecified atom stereocenters. The molecular weight excluding hydrogens is 230 g/mol. The van der Waals surface area contributed by atoms with E-state index in [-0.39, 0.29) is 0 Å². The van der Waals surface area contributed by atoms with Crippen molar-refractivity contribution in [2.45, 2.75) is 103 Å². The molecule has 1 aliphatic carbocycles. The number of hydrogen-bond acceptors (Lipinski definition) is 1. The highest BCUT2D eigenvalue weighted by Gasteiger charge is 2.16. The highest BCUT2D eigenvalue weighted by molar-refractivity contribution is 4.72. The van der Waals surface area contributed by atoms with Crippen LogP contribution in [0.25, 0.3) is 0 Å². The molecule has 0 aromatic rings. The maximum absolute atomic E-state index is 3.54. The van der Waals surface area contributed by atoms with Gasteiger partial charge in [-0.3, -0.25) is 0 Å². The summed E-state index contributed by atoms with van der Waals surface area (Å²) in [6, 6.07) is 0.788. The maximum Gasteiger partial charge on any atom is 0.00641 e. The first-order valence-electron chi connectivity index (χ1n) is 9.04. The van der Waals surface area contributed by atoms with E-state index in [2.05, 4.69) is 19.3 Å². The number of unbranched alkanes of at least 4 members (excludes halogenated alkanes) is 6. The van der Waals surface area contributed by atoms with Gasteiger partial charge in [-0.05, 0) is 32.2 Å². The van der Waals surface area contributed by atoms with Gasteiger partial charge in [-0.25, -0.2) is 0 Å². The smallest absolute Gasteiger partial charge is 0.00641 e. The molecule has 1 rings (SSSR count). The maximum atomic E-state index is 3.54. The van der Waals surface area contributed by atoms with E-state index in [1.165, 1.54) is 89.9 Å². The topological polar surface area (TPSA) is 12.0 Å². The third-order valence-corrected chi connectivity index (χ3v) is 4.96. The van der Waals surface area contributed by atoms with Gasteiger partial charge in [0, 0.05) is 6.04 Å². The van der Waals surface area contributed by atoms with Crippen LogP contribution in [0.3, 0.4) is 0 Å². The van der Waals surface area contributed by atoms with Crippen LogP contribution in [-0.2, 0) is 0 Å². The molecular formula is C18H37N. The number of nitrogens with one attached hydrogen (secondary N) is 1. The van der Waals surface area contributed by atoms with Gasteiger partial charge in [-0.1, -0.05) is 77.6 Å². The van der Waals surface area contributed by atoms with Crippen molar-refractivity contribution >= 4 is 0 Å². The second-order valence-electron chi connectivity index (χ2n) is 6.62. The molecule has 1 aliphatic rings. The van der Waals surface area contributed by atoms with E-state index in [0.29, 0.717) is 0 Å². The number of rotatable bonds is 12. The van der Waals surface area contributed by atoms with E-state index in [9.17, 15) is 0 Å². The minimum absolute atomic E-state index is 0.788. The molecule has 1 atom stereocenters. The minimum Gasteiger partial charge on any atom is -0.317 e. The van der Waals surface area contributed by atoms with E-state index in [0.717, 1.165) is 12.0 Å². The van der Waals surface area contributed by atoms with Crippen molar-refractivity contribution in [3.8, 4) is 0 Å². The summed E-state index contributed by atoms with van der Waals surface area (Å²) >= 11 is 0. The summed E-state index contributed by atoms with van der Waals surface area (Å²) in [7, 11) is 2.15. The Hall–Kier alpha value is -0.0400. The second kappa shape index (κ2) is 11.8. The van der Waals surface area contributed by atoms with Crippen molar-refractivity contribution in [3.63, 3.8) is 0 Å². The van der Waals surface area contributed by atoms with Crippen LogP contribution < -0.4 is 5.32 Å². The fraction of sp³-hybridized carbons (Fsp3) is 1.00. The van der Waals surface area contributed by atoms with Crippen LogP contribution in [0.4, 0.5) is 0 Å². The molecule has 0 bridgehead atoms. The predicted octanol–water partition coefficient (Wildman–Crippen LogP) is 5.69. The Morgan fingerprint density at radius 1 is 0.895 bits per heavy atom. The summed E-state index contributed by atoms with van der Waals surface area (Å²) in [4.78, 5) is 0. The quantitative estimate of drug-likeness (QED) is 0.448. The first-order valence-corrected chi connectivity index (χ1v) is 9.04. The third kappa shape index (κ3) is 8.68. The Kier molecular flexibility index (Phi) is 10.5. The van der Waals surface area contributed by atoms with Crippen LogP contribution in [-0.4, -0.2) is 13.1 Å². The molecule has 0 spiro atoms. The molecule has 1 N–H and O–H groups in total. The lowest BCUT2D eigenvalue weighted by Crippen LogP contribution is -2.25. The van der Waals surface area contributed by atoms with E-state index in [1.54, 1.807) is 0 Å². The summed E-state index contributed by atoms with van der Waals surface area (Å²) in [5.41, 5.74) is 0. The molecule has 19 heavy (non-hydrogen) atoms. The van der Waals surface area contributed by atoms with Crippen LogP contribution >= 0.6 is 0 Å². The van der Waals surface area contributed by atoms with Crippen LogP contribution in [0.5, 0.6) is 0 Å². The van der Waals surface area contributed by atoms with Gasteiger partial charge in [0.05, 0.1) is 0 Å². The predicted molar refractivity (Wildman–Crippen MR) is 86.6 cm³/mol. The average Bonchev–Trinajstić information content (AvgIpc) is 2.94. The van der Waals surface area contributed by atoms with Gasteiger partial charge in [-0.15, -0.1) is 0 Å². The summed E-state index contributed by atoms with van der Waals surface area (Å²) in [5, 5.41) is 3.54. The van der Waals surface area contributed by atoms with Gasteiger partial charge in [0.1, 0.15) is 0 Å². The van der Waals surface area contributed by atoms with E-state index >= 15 is 0 Å². The zero-order chi connectivity index (χ0) is 13.8. The molecule has 1 heteroatoms. The Morgan fingerprint density at radius 2 is 1.53 bits per heavy atom. The molecule has 1 nitrogen and oxygen atoms in total. The fourth-order valence-electron chi connectivity index (χ4n) is 3.52. The average molecular weight is 268 g/mol. The van der Waals surface area contributed by atoms with Gasteiger partial charge >= 0.3 is 0 Å². The van der Waals surface area contributed by atoms with Gasteiger partial charge in [0.2, 0.25) is 0 Å². The zero-order valence-electron chi connectivity index (χ0n) is 13.6. The summed E-state index contributed by atoms with van der Waals surface area (Å²) in [6.45, 7) is 2.29.